The highest BCUT2D eigenvalue weighted by Gasteiger charge is 2.36. The number of fused-ring (bicyclic) bond motifs is 1. The third-order valence-corrected chi connectivity index (χ3v) is 6.38. The van der Waals surface area contributed by atoms with Crippen molar-refractivity contribution in [1.29, 1.82) is 0 Å². The van der Waals surface area contributed by atoms with Gasteiger partial charge in [0.25, 0.3) is 11.1 Å². The van der Waals surface area contributed by atoms with Crippen molar-refractivity contribution in [2.24, 2.45) is 0 Å². The van der Waals surface area contributed by atoms with E-state index in [9.17, 15) is 24.3 Å². The molecule has 11 heteroatoms. The minimum atomic E-state index is -1.31. The summed E-state index contributed by atoms with van der Waals surface area (Å²) in [6, 6.07) is 12.6. The van der Waals surface area contributed by atoms with Crippen molar-refractivity contribution in [2.75, 3.05) is 18.7 Å². The van der Waals surface area contributed by atoms with E-state index in [-0.39, 0.29) is 17.3 Å². The number of benzene rings is 2. The Morgan fingerprint density at radius 3 is 2.69 bits per heavy atom. The van der Waals surface area contributed by atoms with Gasteiger partial charge in [-0.05, 0) is 60.1 Å². The minimum Gasteiger partial charge on any atom is -0.545 e. The molecule has 3 heterocycles. The van der Waals surface area contributed by atoms with Gasteiger partial charge in [0.05, 0.1) is 10.9 Å². The molecule has 1 aromatic heterocycles. The number of carboxylic acid groups (broad SMARTS) is 1. The fourth-order valence-corrected chi connectivity index (χ4v) is 4.49. The van der Waals surface area contributed by atoms with Crippen LogP contribution in [0.5, 0.6) is 11.5 Å². The van der Waals surface area contributed by atoms with E-state index in [1.165, 1.54) is 18.2 Å². The van der Waals surface area contributed by atoms with Gasteiger partial charge in [-0.15, -0.1) is 0 Å². The van der Waals surface area contributed by atoms with Crippen LogP contribution < -0.4 is 19.9 Å². The van der Waals surface area contributed by atoms with Gasteiger partial charge in [0.1, 0.15) is 18.1 Å². The highest BCUT2D eigenvalue weighted by Crippen LogP contribution is 2.35. The van der Waals surface area contributed by atoms with Crippen molar-refractivity contribution in [1.82, 2.24) is 4.90 Å². The maximum Gasteiger partial charge on any atom is 0.294 e. The van der Waals surface area contributed by atoms with Crippen LogP contribution in [0.2, 0.25) is 0 Å². The molecule has 1 saturated heterocycles. The van der Waals surface area contributed by atoms with Gasteiger partial charge in [0.15, 0.2) is 11.5 Å². The zero-order valence-electron chi connectivity index (χ0n) is 18.7. The molecule has 0 unspecified atom stereocenters. The van der Waals surface area contributed by atoms with Gasteiger partial charge in [-0.25, -0.2) is 0 Å². The lowest BCUT2D eigenvalue weighted by Crippen LogP contribution is -2.36. The summed E-state index contributed by atoms with van der Waals surface area (Å²) in [6.45, 7) is 1.43. The minimum absolute atomic E-state index is 0.00805. The molecule has 0 spiro atoms. The average molecular weight is 505 g/mol. The van der Waals surface area contributed by atoms with Crippen LogP contribution in [-0.2, 0) is 9.59 Å². The Kier molecular flexibility index (Phi) is 5.98. The topological polar surface area (TPSA) is 138 Å². The summed E-state index contributed by atoms with van der Waals surface area (Å²) in [5.74, 6) is -0.755. The molecule has 10 nitrogen and oxygen atoms in total. The van der Waals surface area contributed by atoms with Gasteiger partial charge in [-0.1, -0.05) is 12.1 Å². The molecule has 182 valence electrons. The molecule has 2 aromatic carbocycles. The van der Waals surface area contributed by atoms with E-state index in [1.54, 1.807) is 43.3 Å². The van der Waals surface area contributed by atoms with Crippen LogP contribution >= 0.6 is 11.8 Å². The monoisotopic (exact) mass is 505 g/mol. The lowest BCUT2D eigenvalue weighted by molar-refractivity contribution is -0.255. The molecule has 1 fully saturated rings. The molecular weight excluding hydrogens is 488 g/mol. The molecule has 5 rings (SSSR count). The first-order chi connectivity index (χ1) is 17.3. The van der Waals surface area contributed by atoms with E-state index in [0.717, 1.165) is 10.5 Å². The molecule has 1 N–H and O–H groups in total. The third-order valence-electron chi connectivity index (χ3n) is 5.47. The van der Waals surface area contributed by atoms with Crippen molar-refractivity contribution in [3.05, 3.63) is 70.3 Å². The van der Waals surface area contributed by atoms with Crippen molar-refractivity contribution in [3.63, 3.8) is 0 Å². The fraction of sp³-hybridized carbons (Fsp3) is 0.120. The van der Waals surface area contributed by atoms with Gasteiger partial charge in [0, 0.05) is 23.4 Å². The van der Waals surface area contributed by atoms with E-state index >= 15 is 0 Å². The predicted octanol–water partition coefficient (Wildman–Crippen LogP) is 3.02. The Bertz CT molecular complexity index is 1460. The van der Waals surface area contributed by atoms with Gasteiger partial charge in [0.2, 0.25) is 12.7 Å². The van der Waals surface area contributed by atoms with Crippen molar-refractivity contribution >= 4 is 46.5 Å². The van der Waals surface area contributed by atoms with E-state index in [1.807, 2.05) is 0 Å². The van der Waals surface area contributed by atoms with Gasteiger partial charge in [-0.3, -0.25) is 19.3 Å². The molecule has 0 radical (unpaired) electrons. The molecule has 3 amide bonds. The number of aryl methyl sites for hydroxylation is 1. The normalized spacial score (nSPS) is 15.6. The summed E-state index contributed by atoms with van der Waals surface area (Å²) in [7, 11) is 0. The van der Waals surface area contributed by atoms with Crippen LogP contribution in [-0.4, -0.2) is 41.3 Å². The predicted molar refractivity (Wildman–Crippen MR) is 127 cm³/mol. The number of amides is 3. The van der Waals surface area contributed by atoms with Crippen LogP contribution in [0.4, 0.5) is 10.5 Å². The SMILES string of the molecule is Cc1ccc(C(=O)[O-])cc1-c1ccc(/C=C2\SC(=O)N(CC(=O)Nc3ccc4c(c3)OCO4)C2=O)o1. The standard InChI is InChI=1S/C25H18N2O8S/c1-13-2-3-14(24(30)31)8-17(13)18-7-5-16(35-18)10-21-23(29)27(25(32)36-21)11-22(28)26-15-4-6-19-20(9-15)34-12-33-19/h2-10H,11-12H2,1H3,(H,26,28)(H,30,31)/p-1/b21-10-. The molecule has 36 heavy (non-hydrogen) atoms. The quantitative estimate of drug-likeness (QED) is 0.501. The number of imide groups is 1. The number of hydrogen-bond acceptors (Lipinski definition) is 9. The number of furan rings is 1. The van der Waals surface area contributed by atoms with Crippen molar-refractivity contribution in [2.45, 2.75) is 6.92 Å². The Morgan fingerprint density at radius 2 is 1.89 bits per heavy atom. The zero-order chi connectivity index (χ0) is 25.4. The second-order valence-corrected chi connectivity index (χ2v) is 8.90. The number of anilines is 1. The number of thioether (sulfide) groups is 1. The molecule has 0 saturated carbocycles. The second-order valence-electron chi connectivity index (χ2n) is 7.90. The first-order valence-electron chi connectivity index (χ1n) is 10.7. The molecule has 0 aliphatic carbocycles. The Hall–Kier alpha value is -4.51. The molecule has 3 aromatic rings. The highest BCUT2D eigenvalue weighted by atomic mass is 32.2. The lowest BCUT2D eigenvalue weighted by Gasteiger charge is -2.12. The van der Waals surface area contributed by atoms with Gasteiger partial charge >= 0.3 is 0 Å². The summed E-state index contributed by atoms with van der Waals surface area (Å²) in [5, 5.41) is 13.2. The Balaban J connectivity index is 1.28. The van der Waals surface area contributed by atoms with E-state index in [4.69, 9.17) is 13.9 Å². The number of nitrogens with zero attached hydrogens (tertiary/aromatic N) is 1. The molecule has 2 aliphatic heterocycles. The summed E-state index contributed by atoms with van der Waals surface area (Å²) < 4.78 is 16.3. The van der Waals surface area contributed by atoms with Crippen LogP contribution in [0.1, 0.15) is 21.7 Å². The maximum atomic E-state index is 12.8. The van der Waals surface area contributed by atoms with E-state index in [0.29, 0.717) is 46.0 Å². The van der Waals surface area contributed by atoms with E-state index in [2.05, 4.69) is 5.32 Å². The summed E-state index contributed by atoms with van der Waals surface area (Å²) >= 11 is 0.692. The molecule has 0 atom stereocenters. The third kappa shape index (κ3) is 4.56. The summed E-state index contributed by atoms with van der Waals surface area (Å²) in [5.41, 5.74) is 1.79. The first kappa shape index (κ1) is 23.2. The van der Waals surface area contributed by atoms with Crippen LogP contribution in [0.3, 0.4) is 0 Å². The second kappa shape index (κ2) is 9.27. The number of nitrogens with one attached hydrogen (secondary N) is 1. The average Bonchev–Trinajstić information content (AvgIpc) is 3.56. The number of hydrogen-bond donors (Lipinski definition) is 1. The largest absolute Gasteiger partial charge is 0.545 e. The van der Waals surface area contributed by atoms with Crippen molar-refractivity contribution < 1.29 is 38.2 Å². The van der Waals surface area contributed by atoms with Crippen molar-refractivity contribution in [3.8, 4) is 22.8 Å². The highest BCUT2D eigenvalue weighted by molar-refractivity contribution is 8.18. The Labute approximate surface area is 208 Å². The zero-order valence-corrected chi connectivity index (χ0v) is 19.5. The summed E-state index contributed by atoms with van der Waals surface area (Å²) in [6.07, 6.45) is 1.40. The number of rotatable bonds is 6. The van der Waals surface area contributed by atoms with E-state index < -0.39 is 29.6 Å². The Morgan fingerprint density at radius 1 is 1.08 bits per heavy atom. The number of carboxylic acids is 1. The first-order valence-corrected chi connectivity index (χ1v) is 11.5. The van der Waals surface area contributed by atoms with Crippen LogP contribution in [0, 0.1) is 6.92 Å². The fourth-order valence-electron chi connectivity index (χ4n) is 3.67. The molecule has 2 aliphatic rings. The van der Waals surface area contributed by atoms with Crippen LogP contribution in [0.25, 0.3) is 17.4 Å². The lowest BCUT2D eigenvalue weighted by atomic mass is 10.0. The smallest absolute Gasteiger partial charge is 0.294 e. The van der Waals surface area contributed by atoms with Crippen LogP contribution in [0.15, 0.2) is 57.9 Å². The van der Waals surface area contributed by atoms with Gasteiger partial charge < -0.3 is 29.1 Å². The number of carbonyl (C=O) groups excluding carboxylic acids is 4. The number of ether oxygens (including phenoxy) is 2. The molecule has 0 bridgehead atoms. The maximum absolute atomic E-state index is 12.8. The molecular formula is C25H17N2O8S-. The van der Waals surface area contributed by atoms with Gasteiger partial charge in [-0.2, -0.15) is 0 Å². The summed E-state index contributed by atoms with van der Waals surface area (Å²) in [4.78, 5) is 49.8. The number of aromatic carboxylic acids is 1. The number of carbonyl (C=O) groups is 4.